The molecule has 0 unspecified atom stereocenters. The van der Waals surface area contributed by atoms with Crippen LogP contribution in [0, 0.1) is 5.41 Å². The number of carbonyl (C=O) groups excluding carboxylic acids is 3. The zero-order chi connectivity index (χ0) is 29.6. The van der Waals surface area contributed by atoms with Gasteiger partial charge in [0.15, 0.2) is 0 Å². The van der Waals surface area contributed by atoms with Crippen LogP contribution in [0.15, 0.2) is 54.9 Å². The number of carbonyl (C=O) groups is 4. The van der Waals surface area contributed by atoms with Crippen molar-refractivity contribution in [2.45, 2.75) is 58.5 Å². The molecule has 0 saturated carbocycles. The molecule has 1 heterocycles. The molecule has 10 nitrogen and oxygen atoms in total. The zero-order valence-corrected chi connectivity index (χ0v) is 21.9. The van der Waals surface area contributed by atoms with E-state index in [1.54, 1.807) is 24.5 Å². The Bertz CT molecular complexity index is 1080. The van der Waals surface area contributed by atoms with Crippen LogP contribution in [0.5, 0.6) is 0 Å². The van der Waals surface area contributed by atoms with Crippen LogP contribution in [-0.2, 0) is 36.9 Å². The van der Waals surface area contributed by atoms with E-state index in [1.165, 1.54) is 7.11 Å². The minimum Gasteiger partial charge on any atom is -0.475 e. The molecule has 0 radical (unpaired) electrons. The highest BCUT2D eigenvalue weighted by Gasteiger charge is 2.38. The Morgan fingerprint density at radius 1 is 0.949 bits per heavy atom. The van der Waals surface area contributed by atoms with Gasteiger partial charge in [-0.2, -0.15) is 13.2 Å². The molecule has 2 atom stereocenters. The van der Waals surface area contributed by atoms with Crippen LogP contribution in [0.4, 0.5) is 18.0 Å². The maximum Gasteiger partial charge on any atom is 0.490 e. The lowest BCUT2D eigenvalue weighted by Gasteiger charge is -2.27. The molecule has 2 aromatic rings. The van der Waals surface area contributed by atoms with Crippen LogP contribution in [0.25, 0.3) is 0 Å². The molecule has 1 aromatic heterocycles. The highest BCUT2D eigenvalue weighted by atomic mass is 19.4. The molecule has 13 heteroatoms. The molecule has 3 N–H and O–H groups in total. The van der Waals surface area contributed by atoms with Gasteiger partial charge in [0.05, 0.1) is 7.11 Å². The summed E-state index contributed by atoms with van der Waals surface area (Å²) < 4.78 is 41.8. The number of alkyl halides is 3. The normalized spacial score (nSPS) is 12.6. The molecule has 0 aliphatic carbocycles. The molecule has 0 aliphatic heterocycles. The summed E-state index contributed by atoms with van der Waals surface area (Å²) in [7, 11) is 1.26. The van der Waals surface area contributed by atoms with E-state index < -0.39 is 42.2 Å². The lowest BCUT2D eigenvalue weighted by atomic mass is 9.87. The van der Waals surface area contributed by atoms with Gasteiger partial charge in [0.1, 0.15) is 18.7 Å². The number of aliphatic carboxylic acids is 1. The standard InChI is InChI=1S/C24H31N3O5.C2HF3O2/c1-24(2,3)14-20(27-23(30)32-16-17-9-6-5-7-10-17)21(28)26-19(22(29)31-4)13-18-11-8-12-25-15-18;3-2(4,5)1(6)7/h5-12,15,19-20H,13-14,16H2,1-4H3,(H,26,28)(H,27,30);(H,6,7)/t19-,20+;/m0./s1. The number of alkyl carbamates (subject to hydrolysis) is 1. The number of methoxy groups -OCH3 is 1. The Morgan fingerprint density at radius 2 is 1.54 bits per heavy atom. The van der Waals surface area contributed by atoms with Gasteiger partial charge in [0.25, 0.3) is 0 Å². The smallest absolute Gasteiger partial charge is 0.475 e. The molecule has 0 spiro atoms. The van der Waals surface area contributed by atoms with Gasteiger partial charge in [-0.1, -0.05) is 57.2 Å². The van der Waals surface area contributed by atoms with E-state index in [4.69, 9.17) is 19.4 Å². The fourth-order valence-corrected chi connectivity index (χ4v) is 3.09. The third kappa shape index (κ3) is 13.8. The number of nitrogens with zero attached hydrogens (tertiary/aromatic N) is 1. The van der Waals surface area contributed by atoms with Crippen LogP contribution < -0.4 is 10.6 Å². The molecule has 2 amide bonds. The summed E-state index contributed by atoms with van der Waals surface area (Å²) in [6.45, 7) is 5.95. The van der Waals surface area contributed by atoms with Crippen molar-refractivity contribution in [2.24, 2.45) is 5.41 Å². The maximum atomic E-state index is 13.0. The second-order valence-electron chi connectivity index (χ2n) is 9.48. The topological polar surface area (TPSA) is 144 Å². The van der Waals surface area contributed by atoms with Crippen molar-refractivity contribution in [2.75, 3.05) is 7.11 Å². The Balaban J connectivity index is 0.000000956. The molecule has 0 aliphatic rings. The number of carboxylic acids is 1. The number of nitrogens with one attached hydrogen (secondary N) is 2. The van der Waals surface area contributed by atoms with Crippen LogP contribution in [-0.4, -0.2) is 59.4 Å². The van der Waals surface area contributed by atoms with E-state index in [1.807, 2.05) is 51.1 Å². The molecule has 2 rings (SSSR count). The first-order valence-electron chi connectivity index (χ1n) is 11.7. The number of hydrogen-bond acceptors (Lipinski definition) is 7. The summed E-state index contributed by atoms with van der Waals surface area (Å²) in [4.78, 5) is 50.6. The monoisotopic (exact) mass is 555 g/mol. The number of esters is 1. The predicted octanol–water partition coefficient (Wildman–Crippen LogP) is 3.65. The van der Waals surface area contributed by atoms with Gasteiger partial charge in [-0.05, 0) is 29.0 Å². The predicted molar refractivity (Wildman–Crippen MR) is 133 cm³/mol. The van der Waals surface area contributed by atoms with Gasteiger partial charge < -0.3 is 25.2 Å². The number of rotatable bonds is 9. The molecule has 0 bridgehead atoms. The van der Waals surface area contributed by atoms with E-state index in [2.05, 4.69) is 15.6 Å². The Kier molecular flexibility index (Phi) is 12.9. The first kappa shape index (κ1) is 32.9. The lowest BCUT2D eigenvalue weighted by molar-refractivity contribution is -0.192. The van der Waals surface area contributed by atoms with Gasteiger partial charge in [-0.3, -0.25) is 9.78 Å². The first-order valence-corrected chi connectivity index (χ1v) is 11.7. The number of amides is 2. The van der Waals surface area contributed by atoms with Crippen LogP contribution in [0.1, 0.15) is 38.3 Å². The summed E-state index contributed by atoms with van der Waals surface area (Å²) in [5.41, 5.74) is 1.34. The zero-order valence-electron chi connectivity index (χ0n) is 21.9. The molecule has 1 aromatic carbocycles. The van der Waals surface area contributed by atoms with Crippen LogP contribution >= 0.6 is 0 Å². The summed E-state index contributed by atoms with van der Waals surface area (Å²) in [5.74, 6) is -3.83. The fourth-order valence-electron chi connectivity index (χ4n) is 3.09. The minimum atomic E-state index is -5.08. The second kappa shape index (κ2) is 15.3. The average molecular weight is 556 g/mol. The molecular weight excluding hydrogens is 523 g/mol. The SMILES string of the molecule is COC(=O)[C@H](Cc1cccnc1)NC(=O)[C@@H](CC(C)(C)C)NC(=O)OCc1ccccc1.O=C(O)C(F)(F)F. The number of ether oxygens (including phenoxy) is 2. The number of pyridine rings is 1. The number of benzene rings is 1. The van der Waals surface area contributed by atoms with Gasteiger partial charge in [-0.15, -0.1) is 0 Å². The third-order valence-electron chi connectivity index (χ3n) is 4.85. The lowest BCUT2D eigenvalue weighted by Crippen LogP contribution is -2.53. The fraction of sp³-hybridized carbons (Fsp3) is 0.423. The molecular formula is C26H32F3N3O7. The van der Waals surface area contributed by atoms with Crippen LogP contribution in [0.2, 0.25) is 0 Å². The van der Waals surface area contributed by atoms with E-state index >= 15 is 0 Å². The maximum absolute atomic E-state index is 13.0. The van der Waals surface area contributed by atoms with Crippen LogP contribution in [0.3, 0.4) is 0 Å². The van der Waals surface area contributed by atoms with Gasteiger partial charge in [-0.25, -0.2) is 14.4 Å². The summed E-state index contributed by atoms with van der Waals surface area (Å²) in [5, 5.41) is 12.5. The first-order chi connectivity index (χ1) is 18.1. The van der Waals surface area contributed by atoms with Crippen molar-refractivity contribution in [3.8, 4) is 0 Å². The summed E-state index contributed by atoms with van der Waals surface area (Å²) >= 11 is 0. The van der Waals surface area contributed by atoms with Crippen molar-refractivity contribution < 1.29 is 46.9 Å². The summed E-state index contributed by atoms with van der Waals surface area (Å²) in [6.07, 6.45) is -1.99. The third-order valence-corrected chi connectivity index (χ3v) is 4.85. The van der Waals surface area contributed by atoms with Crippen molar-refractivity contribution in [3.05, 3.63) is 66.0 Å². The minimum absolute atomic E-state index is 0.0856. The van der Waals surface area contributed by atoms with Crippen molar-refractivity contribution >= 4 is 23.9 Å². The number of aromatic nitrogens is 1. The quantitative estimate of drug-likeness (QED) is 0.398. The molecule has 0 saturated heterocycles. The summed E-state index contributed by atoms with van der Waals surface area (Å²) in [6, 6.07) is 11.0. The number of hydrogen-bond donors (Lipinski definition) is 3. The van der Waals surface area contributed by atoms with Gasteiger partial charge in [0.2, 0.25) is 5.91 Å². The number of halogens is 3. The van der Waals surface area contributed by atoms with E-state index in [-0.39, 0.29) is 18.4 Å². The Labute approximate surface area is 223 Å². The number of carboxylic acid groups (broad SMARTS) is 1. The highest BCUT2D eigenvalue weighted by molar-refractivity contribution is 5.89. The largest absolute Gasteiger partial charge is 0.490 e. The second-order valence-corrected chi connectivity index (χ2v) is 9.48. The Hall–Kier alpha value is -4.16. The van der Waals surface area contributed by atoms with E-state index in [9.17, 15) is 27.6 Å². The Morgan fingerprint density at radius 3 is 2.03 bits per heavy atom. The molecule has 214 valence electrons. The van der Waals surface area contributed by atoms with Gasteiger partial charge in [0, 0.05) is 18.8 Å². The van der Waals surface area contributed by atoms with Gasteiger partial charge >= 0.3 is 24.2 Å². The van der Waals surface area contributed by atoms with Crippen molar-refractivity contribution in [3.63, 3.8) is 0 Å². The van der Waals surface area contributed by atoms with E-state index in [0.29, 0.717) is 6.42 Å². The molecule has 0 fully saturated rings. The van der Waals surface area contributed by atoms with E-state index in [0.717, 1.165) is 11.1 Å². The highest BCUT2D eigenvalue weighted by Crippen LogP contribution is 2.21. The molecule has 39 heavy (non-hydrogen) atoms. The van der Waals surface area contributed by atoms with Crippen molar-refractivity contribution in [1.82, 2.24) is 15.6 Å². The average Bonchev–Trinajstić information content (AvgIpc) is 2.86. The van der Waals surface area contributed by atoms with Crippen molar-refractivity contribution in [1.29, 1.82) is 0 Å².